The molecule has 1 aromatic carbocycles. The number of hydrogen-bond acceptors (Lipinski definition) is 6. The summed E-state index contributed by atoms with van der Waals surface area (Å²) in [6.45, 7) is 4.27. The standard InChI is InChI=1S/C24H32N2O4S/c1-17-3-7-20(8-4-17)30-16-22-21-10-12-31-23(21)9-11-26(22)24(28)14-25(18-5-6-18)13-19(27)15-29-2/h3-4,7-8,10,12,18-19,22,27H,5-6,9,11,13-16H2,1-2H3/t19-,22-/m0/s1. The van der Waals surface area contributed by atoms with Crippen LogP contribution >= 0.6 is 11.3 Å². The summed E-state index contributed by atoms with van der Waals surface area (Å²) >= 11 is 1.76. The largest absolute Gasteiger partial charge is 0.491 e. The molecule has 2 aliphatic rings. The van der Waals surface area contributed by atoms with E-state index in [4.69, 9.17) is 9.47 Å². The Balaban J connectivity index is 1.45. The molecule has 0 saturated heterocycles. The van der Waals surface area contributed by atoms with E-state index in [0.29, 0.717) is 32.3 Å². The molecule has 1 amide bonds. The van der Waals surface area contributed by atoms with Gasteiger partial charge in [-0.25, -0.2) is 0 Å². The SMILES string of the molecule is COC[C@@H](O)CN(CC(=O)N1CCc2sccc2[C@@H]1COc1ccc(C)cc1)C1CC1. The smallest absolute Gasteiger partial charge is 0.237 e. The number of carbonyl (C=O) groups excluding carboxylic acids is 1. The van der Waals surface area contributed by atoms with Crippen LogP contribution < -0.4 is 4.74 Å². The minimum absolute atomic E-state index is 0.0891. The van der Waals surface area contributed by atoms with Crippen molar-refractivity contribution in [1.82, 2.24) is 9.80 Å². The van der Waals surface area contributed by atoms with Gasteiger partial charge < -0.3 is 19.5 Å². The quantitative estimate of drug-likeness (QED) is 0.610. The predicted molar refractivity (Wildman–Crippen MR) is 122 cm³/mol. The van der Waals surface area contributed by atoms with Crippen LogP contribution in [0.3, 0.4) is 0 Å². The van der Waals surface area contributed by atoms with E-state index in [1.165, 1.54) is 16.0 Å². The first-order valence-corrected chi connectivity index (χ1v) is 11.9. The number of aryl methyl sites for hydroxylation is 1. The first-order chi connectivity index (χ1) is 15.0. The second-order valence-electron chi connectivity index (χ2n) is 8.55. The van der Waals surface area contributed by atoms with Crippen LogP contribution in [0.25, 0.3) is 0 Å². The molecule has 1 saturated carbocycles. The van der Waals surface area contributed by atoms with Gasteiger partial charge in [0.15, 0.2) is 0 Å². The van der Waals surface area contributed by atoms with Gasteiger partial charge in [0.2, 0.25) is 5.91 Å². The number of carbonyl (C=O) groups is 1. The molecule has 4 rings (SSSR count). The normalized spacial score (nSPS) is 19.4. The summed E-state index contributed by atoms with van der Waals surface area (Å²) < 4.78 is 11.2. The fourth-order valence-corrected chi connectivity index (χ4v) is 5.18. The highest BCUT2D eigenvalue weighted by Crippen LogP contribution is 2.34. The second-order valence-corrected chi connectivity index (χ2v) is 9.55. The van der Waals surface area contributed by atoms with Gasteiger partial charge in [0.1, 0.15) is 12.4 Å². The lowest BCUT2D eigenvalue weighted by molar-refractivity contribution is -0.136. The van der Waals surface area contributed by atoms with Crippen LogP contribution in [0.4, 0.5) is 0 Å². The summed E-state index contributed by atoms with van der Waals surface area (Å²) in [4.78, 5) is 18.8. The van der Waals surface area contributed by atoms with Gasteiger partial charge >= 0.3 is 0 Å². The lowest BCUT2D eigenvalue weighted by Crippen LogP contribution is -2.48. The van der Waals surface area contributed by atoms with Crippen LogP contribution in [-0.2, 0) is 16.0 Å². The van der Waals surface area contributed by atoms with E-state index in [1.807, 2.05) is 29.2 Å². The molecule has 0 radical (unpaired) electrons. The zero-order chi connectivity index (χ0) is 21.8. The first kappa shape index (κ1) is 22.3. The van der Waals surface area contributed by atoms with E-state index in [1.54, 1.807) is 18.4 Å². The fourth-order valence-electron chi connectivity index (χ4n) is 4.25. The Kier molecular flexibility index (Phi) is 7.27. The molecule has 1 aliphatic heterocycles. The molecule has 0 bridgehead atoms. The fraction of sp³-hybridized carbons (Fsp3) is 0.542. The minimum atomic E-state index is -0.580. The number of fused-ring (bicyclic) bond motifs is 1. The first-order valence-electron chi connectivity index (χ1n) is 11.0. The summed E-state index contributed by atoms with van der Waals surface area (Å²) in [7, 11) is 1.58. The van der Waals surface area contributed by atoms with Gasteiger partial charge in [-0.1, -0.05) is 17.7 Å². The summed E-state index contributed by atoms with van der Waals surface area (Å²) in [5.41, 5.74) is 2.40. The summed E-state index contributed by atoms with van der Waals surface area (Å²) in [6, 6.07) is 10.5. The molecule has 2 heterocycles. The zero-order valence-corrected chi connectivity index (χ0v) is 19.1. The molecule has 168 valence electrons. The van der Waals surface area contributed by atoms with Crippen LogP contribution in [0, 0.1) is 6.92 Å². The Morgan fingerprint density at radius 3 is 2.77 bits per heavy atom. The Morgan fingerprint density at radius 2 is 2.06 bits per heavy atom. The van der Waals surface area contributed by atoms with Crippen molar-refractivity contribution in [2.45, 2.75) is 44.4 Å². The average Bonchev–Trinajstić information content (AvgIpc) is 3.49. The number of aliphatic hydroxyl groups is 1. The third-order valence-electron chi connectivity index (χ3n) is 6.05. The van der Waals surface area contributed by atoms with Gasteiger partial charge in [-0.3, -0.25) is 9.69 Å². The van der Waals surface area contributed by atoms with Crippen molar-refractivity contribution in [2.75, 3.05) is 40.0 Å². The van der Waals surface area contributed by atoms with Crippen LogP contribution in [0.15, 0.2) is 35.7 Å². The minimum Gasteiger partial charge on any atom is -0.491 e. The van der Waals surface area contributed by atoms with Crippen LogP contribution in [-0.4, -0.2) is 72.9 Å². The highest BCUT2D eigenvalue weighted by atomic mass is 32.1. The van der Waals surface area contributed by atoms with E-state index in [0.717, 1.165) is 25.0 Å². The van der Waals surface area contributed by atoms with Crippen molar-refractivity contribution in [3.05, 3.63) is 51.7 Å². The number of methoxy groups -OCH3 is 1. The zero-order valence-electron chi connectivity index (χ0n) is 18.3. The molecular formula is C24H32N2O4S. The van der Waals surface area contributed by atoms with Gasteiger partial charge in [-0.05, 0) is 55.3 Å². The van der Waals surface area contributed by atoms with Crippen molar-refractivity contribution in [3.8, 4) is 5.75 Å². The van der Waals surface area contributed by atoms with Gasteiger partial charge in [0.05, 0.1) is 25.3 Å². The van der Waals surface area contributed by atoms with Crippen molar-refractivity contribution in [2.24, 2.45) is 0 Å². The molecule has 7 heteroatoms. The van der Waals surface area contributed by atoms with Gasteiger partial charge in [-0.2, -0.15) is 0 Å². The van der Waals surface area contributed by atoms with Crippen molar-refractivity contribution in [3.63, 3.8) is 0 Å². The van der Waals surface area contributed by atoms with E-state index >= 15 is 0 Å². The van der Waals surface area contributed by atoms with Gasteiger partial charge in [0, 0.05) is 31.1 Å². The molecule has 1 N–H and O–H groups in total. The monoisotopic (exact) mass is 444 g/mol. The highest BCUT2D eigenvalue weighted by Gasteiger charge is 2.36. The van der Waals surface area contributed by atoms with E-state index in [2.05, 4.69) is 23.3 Å². The molecular weight excluding hydrogens is 412 g/mol. The van der Waals surface area contributed by atoms with Crippen molar-refractivity contribution in [1.29, 1.82) is 0 Å². The second kappa shape index (κ2) is 10.1. The Bertz CT molecular complexity index is 865. The third kappa shape index (κ3) is 5.66. The van der Waals surface area contributed by atoms with E-state index in [-0.39, 0.29) is 18.6 Å². The molecule has 2 atom stereocenters. The number of rotatable bonds is 10. The van der Waals surface area contributed by atoms with Crippen LogP contribution in [0.1, 0.15) is 34.9 Å². The Labute approximate surface area is 188 Å². The maximum Gasteiger partial charge on any atom is 0.237 e. The maximum atomic E-state index is 13.4. The third-order valence-corrected chi connectivity index (χ3v) is 7.05. The average molecular weight is 445 g/mol. The Morgan fingerprint density at radius 1 is 1.29 bits per heavy atom. The number of hydrogen-bond donors (Lipinski definition) is 1. The van der Waals surface area contributed by atoms with E-state index < -0.39 is 6.10 Å². The lowest BCUT2D eigenvalue weighted by atomic mass is 10.0. The van der Waals surface area contributed by atoms with Gasteiger partial charge in [-0.15, -0.1) is 11.3 Å². The van der Waals surface area contributed by atoms with E-state index in [9.17, 15) is 9.90 Å². The van der Waals surface area contributed by atoms with Crippen molar-refractivity contribution >= 4 is 17.2 Å². The predicted octanol–water partition coefficient (Wildman–Crippen LogP) is 3.03. The van der Waals surface area contributed by atoms with Gasteiger partial charge in [0.25, 0.3) is 0 Å². The molecule has 6 nitrogen and oxygen atoms in total. The summed E-state index contributed by atoms with van der Waals surface area (Å²) in [5.74, 6) is 0.925. The molecule has 31 heavy (non-hydrogen) atoms. The summed E-state index contributed by atoms with van der Waals surface area (Å²) in [5, 5.41) is 12.3. The molecule has 1 aromatic heterocycles. The lowest BCUT2D eigenvalue weighted by Gasteiger charge is -2.37. The molecule has 2 aromatic rings. The Hall–Kier alpha value is -1.93. The number of nitrogens with zero attached hydrogens (tertiary/aromatic N) is 2. The van der Waals surface area contributed by atoms with Crippen molar-refractivity contribution < 1.29 is 19.4 Å². The molecule has 1 aliphatic carbocycles. The topological polar surface area (TPSA) is 62.2 Å². The maximum absolute atomic E-state index is 13.4. The number of ether oxygens (including phenoxy) is 2. The number of amides is 1. The van der Waals surface area contributed by atoms with Crippen LogP contribution in [0.5, 0.6) is 5.75 Å². The number of thiophene rings is 1. The molecule has 0 spiro atoms. The molecule has 0 unspecified atom stereocenters. The summed E-state index contributed by atoms with van der Waals surface area (Å²) in [6.07, 6.45) is 2.47. The number of benzene rings is 1. The van der Waals surface area contributed by atoms with Crippen LogP contribution in [0.2, 0.25) is 0 Å². The number of aliphatic hydroxyl groups excluding tert-OH is 1. The highest BCUT2D eigenvalue weighted by molar-refractivity contribution is 7.10. The molecule has 1 fully saturated rings.